The normalized spacial score (nSPS) is 12.4. The van der Waals surface area contributed by atoms with E-state index < -0.39 is 0 Å². The molecule has 2 aromatic rings. The van der Waals surface area contributed by atoms with Crippen LogP contribution in [-0.4, -0.2) is 18.6 Å². The number of rotatable bonds is 7. The first-order valence-electron chi connectivity index (χ1n) is 7.99. The third-order valence-corrected chi connectivity index (χ3v) is 4.07. The fraction of sp³-hybridized carbons (Fsp3) is 0.421. The molecule has 0 aliphatic heterocycles. The van der Waals surface area contributed by atoms with Gasteiger partial charge >= 0.3 is 0 Å². The van der Waals surface area contributed by atoms with Crippen LogP contribution in [0.3, 0.4) is 0 Å². The van der Waals surface area contributed by atoms with Crippen LogP contribution in [0.1, 0.15) is 41.6 Å². The van der Waals surface area contributed by atoms with Gasteiger partial charge in [0, 0.05) is 24.4 Å². The quantitative estimate of drug-likeness (QED) is 0.835. The Morgan fingerprint density at radius 3 is 2.73 bits per heavy atom. The zero-order valence-corrected chi connectivity index (χ0v) is 13.7. The van der Waals surface area contributed by atoms with Gasteiger partial charge in [-0.15, -0.1) is 0 Å². The molecule has 118 valence electrons. The number of hydrogen-bond acceptors (Lipinski definition) is 2. The Balaban J connectivity index is 2.35. The van der Waals surface area contributed by atoms with E-state index in [9.17, 15) is 4.39 Å². The highest BCUT2D eigenvalue weighted by Gasteiger charge is 2.19. The van der Waals surface area contributed by atoms with Gasteiger partial charge < -0.3 is 5.32 Å². The summed E-state index contributed by atoms with van der Waals surface area (Å²) in [5, 5.41) is 3.22. The SMILES string of the molecule is CCCc1cccc(F)c1CC(CNC)c1ncccc1C. The Labute approximate surface area is 132 Å². The number of aromatic nitrogens is 1. The molecular formula is C19H25FN2. The van der Waals surface area contributed by atoms with Crippen LogP contribution in [0.15, 0.2) is 36.5 Å². The molecule has 0 amide bonds. The minimum atomic E-state index is -0.0966. The number of nitrogens with zero attached hydrogens (tertiary/aromatic N) is 1. The van der Waals surface area contributed by atoms with Gasteiger partial charge in [0.15, 0.2) is 0 Å². The van der Waals surface area contributed by atoms with E-state index in [0.717, 1.165) is 41.8 Å². The average Bonchev–Trinajstić information content (AvgIpc) is 2.51. The summed E-state index contributed by atoms with van der Waals surface area (Å²) in [6.07, 6.45) is 4.44. The Bertz CT molecular complexity index is 610. The fourth-order valence-corrected chi connectivity index (χ4v) is 3.02. The molecule has 1 atom stereocenters. The molecular weight excluding hydrogens is 275 g/mol. The summed E-state index contributed by atoms with van der Waals surface area (Å²) in [4.78, 5) is 4.54. The van der Waals surface area contributed by atoms with Crippen molar-refractivity contribution in [1.82, 2.24) is 10.3 Å². The van der Waals surface area contributed by atoms with Gasteiger partial charge in [0.1, 0.15) is 5.82 Å². The Morgan fingerprint density at radius 2 is 2.05 bits per heavy atom. The largest absolute Gasteiger partial charge is 0.319 e. The Hall–Kier alpha value is -1.74. The number of halogens is 1. The van der Waals surface area contributed by atoms with Gasteiger partial charge in [-0.3, -0.25) is 4.98 Å². The molecule has 3 heteroatoms. The molecule has 0 aliphatic carbocycles. The maximum Gasteiger partial charge on any atom is 0.126 e. The molecule has 0 saturated carbocycles. The summed E-state index contributed by atoms with van der Waals surface area (Å²) in [6.45, 7) is 4.99. The van der Waals surface area contributed by atoms with Gasteiger partial charge in [0.25, 0.3) is 0 Å². The van der Waals surface area contributed by atoms with E-state index in [2.05, 4.69) is 30.2 Å². The number of benzene rings is 1. The van der Waals surface area contributed by atoms with E-state index >= 15 is 0 Å². The van der Waals surface area contributed by atoms with Gasteiger partial charge in [-0.05, 0) is 55.6 Å². The molecule has 1 aromatic carbocycles. The number of aryl methyl sites for hydroxylation is 2. The molecule has 0 aliphatic rings. The molecule has 2 rings (SSSR count). The lowest BCUT2D eigenvalue weighted by Crippen LogP contribution is -2.22. The maximum atomic E-state index is 14.3. The number of likely N-dealkylation sites (N-methyl/N-ethyl adjacent to an activating group) is 1. The number of pyridine rings is 1. The van der Waals surface area contributed by atoms with Crippen LogP contribution >= 0.6 is 0 Å². The molecule has 1 N–H and O–H groups in total. The summed E-state index contributed by atoms with van der Waals surface area (Å²) >= 11 is 0. The second-order valence-corrected chi connectivity index (χ2v) is 5.79. The fourth-order valence-electron chi connectivity index (χ4n) is 3.02. The first-order chi connectivity index (χ1) is 10.7. The molecule has 22 heavy (non-hydrogen) atoms. The second-order valence-electron chi connectivity index (χ2n) is 5.79. The van der Waals surface area contributed by atoms with Crippen LogP contribution in [0.25, 0.3) is 0 Å². The molecule has 1 heterocycles. The minimum Gasteiger partial charge on any atom is -0.319 e. The smallest absolute Gasteiger partial charge is 0.126 e. The van der Waals surface area contributed by atoms with E-state index in [1.807, 2.05) is 31.4 Å². The summed E-state index contributed by atoms with van der Waals surface area (Å²) in [5.41, 5.74) is 4.19. The van der Waals surface area contributed by atoms with Gasteiger partial charge in [-0.25, -0.2) is 4.39 Å². The Morgan fingerprint density at radius 1 is 1.23 bits per heavy atom. The molecule has 0 spiro atoms. The highest BCUT2D eigenvalue weighted by atomic mass is 19.1. The first kappa shape index (κ1) is 16.6. The van der Waals surface area contributed by atoms with Crippen LogP contribution in [-0.2, 0) is 12.8 Å². The molecule has 0 radical (unpaired) electrons. The predicted molar refractivity (Wildman–Crippen MR) is 89.7 cm³/mol. The van der Waals surface area contributed by atoms with E-state index in [1.54, 1.807) is 6.07 Å². The van der Waals surface area contributed by atoms with Gasteiger partial charge in [-0.2, -0.15) is 0 Å². The van der Waals surface area contributed by atoms with Gasteiger partial charge in [-0.1, -0.05) is 31.5 Å². The van der Waals surface area contributed by atoms with Crippen LogP contribution in [0.2, 0.25) is 0 Å². The van der Waals surface area contributed by atoms with Crippen LogP contribution in [0.4, 0.5) is 4.39 Å². The maximum absolute atomic E-state index is 14.3. The van der Waals surface area contributed by atoms with Crippen molar-refractivity contribution >= 4 is 0 Å². The molecule has 0 saturated heterocycles. The number of nitrogens with one attached hydrogen (secondary N) is 1. The molecule has 2 nitrogen and oxygen atoms in total. The summed E-state index contributed by atoms with van der Waals surface area (Å²) in [5.74, 6) is 0.0827. The summed E-state index contributed by atoms with van der Waals surface area (Å²) in [7, 11) is 1.93. The van der Waals surface area contributed by atoms with E-state index in [4.69, 9.17) is 0 Å². The number of hydrogen-bond donors (Lipinski definition) is 1. The molecule has 0 bridgehead atoms. The first-order valence-corrected chi connectivity index (χ1v) is 7.99. The highest BCUT2D eigenvalue weighted by molar-refractivity contribution is 5.32. The second kappa shape index (κ2) is 8.04. The van der Waals surface area contributed by atoms with Crippen molar-refractivity contribution in [2.45, 2.75) is 39.0 Å². The monoisotopic (exact) mass is 300 g/mol. The lowest BCUT2D eigenvalue weighted by molar-refractivity contribution is 0.561. The van der Waals surface area contributed by atoms with Crippen LogP contribution < -0.4 is 5.32 Å². The van der Waals surface area contributed by atoms with E-state index in [0.29, 0.717) is 6.42 Å². The highest BCUT2D eigenvalue weighted by Crippen LogP contribution is 2.25. The van der Waals surface area contributed by atoms with Crippen molar-refractivity contribution in [3.8, 4) is 0 Å². The third kappa shape index (κ3) is 3.92. The van der Waals surface area contributed by atoms with E-state index in [1.165, 1.54) is 0 Å². The molecule has 1 unspecified atom stereocenters. The lowest BCUT2D eigenvalue weighted by atomic mass is 9.89. The Kier molecular flexibility index (Phi) is 6.08. The van der Waals surface area contributed by atoms with Gasteiger partial charge in [0.2, 0.25) is 0 Å². The zero-order chi connectivity index (χ0) is 15.9. The van der Waals surface area contributed by atoms with Crippen molar-refractivity contribution in [1.29, 1.82) is 0 Å². The van der Waals surface area contributed by atoms with Gasteiger partial charge in [0.05, 0.1) is 0 Å². The van der Waals surface area contributed by atoms with Crippen molar-refractivity contribution in [3.05, 3.63) is 64.7 Å². The lowest BCUT2D eigenvalue weighted by Gasteiger charge is -2.20. The molecule has 0 fully saturated rings. The predicted octanol–water partition coefficient (Wildman–Crippen LogP) is 4.03. The van der Waals surface area contributed by atoms with Crippen LogP contribution in [0, 0.1) is 12.7 Å². The topological polar surface area (TPSA) is 24.9 Å². The summed E-state index contributed by atoms with van der Waals surface area (Å²) in [6, 6.07) is 9.43. The zero-order valence-electron chi connectivity index (χ0n) is 13.7. The van der Waals surface area contributed by atoms with E-state index in [-0.39, 0.29) is 11.7 Å². The average molecular weight is 300 g/mol. The standard InChI is InChI=1S/C19H25FN2/c1-4-7-15-9-5-10-18(20)17(15)12-16(13-21-3)19-14(2)8-6-11-22-19/h5-6,8-11,16,21H,4,7,12-13H2,1-3H3. The third-order valence-electron chi connectivity index (χ3n) is 4.07. The minimum absolute atomic E-state index is 0.0966. The van der Waals surface area contributed by atoms with Crippen molar-refractivity contribution < 1.29 is 4.39 Å². The van der Waals surface area contributed by atoms with Crippen molar-refractivity contribution in [2.75, 3.05) is 13.6 Å². The summed E-state index contributed by atoms with van der Waals surface area (Å²) < 4.78 is 14.3. The van der Waals surface area contributed by atoms with Crippen LogP contribution in [0.5, 0.6) is 0 Å². The van der Waals surface area contributed by atoms with Crippen molar-refractivity contribution in [3.63, 3.8) is 0 Å². The molecule has 1 aromatic heterocycles. The van der Waals surface area contributed by atoms with Crippen molar-refractivity contribution in [2.24, 2.45) is 0 Å².